The molecular formula is C17H19N3O3. The van der Waals surface area contributed by atoms with Crippen molar-refractivity contribution in [3.8, 4) is 5.75 Å². The number of benzene rings is 2. The van der Waals surface area contributed by atoms with Crippen molar-refractivity contribution >= 4 is 11.4 Å². The topological polar surface area (TPSA) is 76.4 Å². The van der Waals surface area contributed by atoms with Crippen LogP contribution in [0.4, 0.5) is 11.4 Å². The van der Waals surface area contributed by atoms with Crippen LogP contribution in [0.1, 0.15) is 23.6 Å². The predicted octanol–water partition coefficient (Wildman–Crippen LogP) is 3.21. The molecular weight excluding hydrogens is 294 g/mol. The summed E-state index contributed by atoms with van der Waals surface area (Å²) in [5.41, 5.74) is 4.17. The molecule has 0 aliphatic carbocycles. The monoisotopic (exact) mass is 313 g/mol. The highest BCUT2D eigenvalue weighted by Gasteiger charge is 2.20. The number of rotatable bonds is 6. The molecule has 2 aromatic carbocycles. The van der Waals surface area contributed by atoms with E-state index in [4.69, 9.17) is 4.74 Å². The molecule has 0 aromatic heterocycles. The van der Waals surface area contributed by atoms with Gasteiger partial charge in [0.1, 0.15) is 5.69 Å². The fourth-order valence-corrected chi connectivity index (χ4v) is 2.78. The summed E-state index contributed by atoms with van der Waals surface area (Å²) in [6.45, 7) is 4.52. The van der Waals surface area contributed by atoms with Crippen molar-refractivity contribution in [2.24, 2.45) is 0 Å². The van der Waals surface area contributed by atoms with Crippen molar-refractivity contribution in [1.82, 2.24) is 5.32 Å². The quantitative estimate of drug-likeness (QED) is 0.632. The van der Waals surface area contributed by atoms with Crippen molar-refractivity contribution in [3.05, 3.63) is 63.2 Å². The van der Waals surface area contributed by atoms with E-state index < -0.39 is 4.92 Å². The second-order valence-electron chi connectivity index (χ2n) is 5.40. The molecule has 1 aliphatic rings. The van der Waals surface area contributed by atoms with Crippen LogP contribution in [0.2, 0.25) is 0 Å². The molecule has 0 saturated carbocycles. The van der Waals surface area contributed by atoms with E-state index in [1.807, 2.05) is 6.92 Å². The first-order valence-corrected chi connectivity index (χ1v) is 7.64. The summed E-state index contributed by atoms with van der Waals surface area (Å²) in [5, 5.41) is 17.8. The highest BCUT2D eigenvalue weighted by molar-refractivity contribution is 5.68. The number of nitrogens with zero attached hydrogens (tertiary/aromatic N) is 1. The van der Waals surface area contributed by atoms with Crippen molar-refractivity contribution in [3.63, 3.8) is 0 Å². The zero-order valence-electron chi connectivity index (χ0n) is 13.0. The van der Waals surface area contributed by atoms with Crippen LogP contribution in [0.15, 0.2) is 36.4 Å². The standard InChI is InChI=1S/C17H19N3O3/c1-2-23-16-5-3-4-15(17(16)20(21)22)19-9-12-6-7-13-10-18-11-14(13)8-12/h3-8,18-19H,2,9-11H2,1H3. The van der Waals surface area contributed by atoms with Gasteiger partial charge in [0.15, 0.2) is 5.75 Å². The number of nitro groups is 1. The Kier molecular flexibility index (Phi) is 4.43. The normalized spacial score (nSPS) is 12.7. The Morgan fingerprint density at radius 3 is 2.87 bits per heavy atom. The number of hydrogen-bond donors (Lipinski definition) is 2. The second kappa shape index (κ2) is 6.66. The summed E-state index contributed by atoms with van der Waals surface area (Å²) in [5.74, 6) is 0.292. The molecule has 0 saturated heterocycles. The van der Waals surface area contributed by atoms with Crippen LogP contribution in [0.25, 0.3) is 0 Å². The van der Waals surface area contributed by atoms with E-state index in [0.29, 0.717) is 24.6 Å². The first-order chi connectivity index (χ1) is 11.2. The lowest BCUT2D eigenvalue weighted by Gasteiger charge is -2.11. The van der Waals surface area contributed by atoms with E-state index in [-0.39, 0.29) is 5.69 Å². The average molecular weight is 313 g/mol. The Morgan fingerprint density at radius 2 is 2.09 bits per heavy atom. The number of anilines is 1. The molecule has 6 heteroatoms. The summed E-state index contributed by atoms with van der Waals surface area (Å²) in [6.07, 6.45) is 0. The molecule has 0 bridgehead atoms. The van der Waals surface area contributed by atoms with Crippen LogP contribution in [-0.4, -0.2) is 11.5 Å². The van der Waals surface area contributed by atoms with Crippen LogP contribution >= 0.6 is 0 Å². The van der Waals surface area contributed by atoms with Crippen molar-refractivity contribution in [1.29, 1.82) is 0 Å². The Labute approximate surface area is 134 Å². The molecule has 23 heavy (non-hydrogen) atoms. The van der Waals surface area contributed by atoms with Gasteiger partial charge in [0.25, 0.3) is 0 Å². The van der Waals surface area contributed by atoms with Gasteiger partial charge in [0.05, 0.1) is 11.5 Å². The molecule has 1 heterocycles. The van der Waals surface area contributed by atoms with Gasteiger partial charge in [0, 0.05) is 19.6 Å². The van der Waals surface area contributed by atoms with Crippen LogP contribution in [0.5, 0.6) is 5.75 Å². The van der Waals surface area contributed by atoms with Crippen molar-refractivity contribution < 1.29 is 9.66 Å². The van der Waals surface area contributed by atoms with Gasteiger partial charge in [-0.15, -0.1) is 0 Å². The van der Waals surface area contributed by atoms with Crippen molar-refractivity contribution in [2.75, 3.05) is 11.9 Å². The number of para-hydroxylation sites is 1. The molecule has 0 atom stereocenters. The lowest BCUT2D eigenvalue weighted by Crippen LogP contribution is -2.05. The number of nitrogens with one attached hydrogen (secondary N) is 2. The van der Waals surface area contributed by atoms with Gasteiger partial charge in [-0.1, -0.05) is 24.3 Å². The predicted molar refractivity (Wildman–Crippen MR) is 88.6 cm³/mol. The lowest BCUT2D eigenvalue weighted by molar-refractivity contribution is -0.384. The fourth-order valence-electron chi connectivity index (χ4n) is 2.78. The molecule has 0 amide bonds. The minimum absolute atomic E-state index is 0.0165. The summed E-state index contributed by atoms with van der Waals surface area (Å²) in [7, 11) is 0. The first kappa shape index (κ1) is 15.3. The number of fused-ring (bicyclic) bond motifs is 1. The van der Waals surface area contributed by atoms with E-state index in [1.54, 1.807) is 18.2 Å². The smallest absolute Gasteiger partial charge is 0.333 e. The molecule has 3 rings (SSSR count). The third-order valence-corrected chi connectivity index (χ3v) is 3.87. The summed E-state index contributed by atoms with van der Waals surface area (Å²) < 4.78 is 5.36. The summed E-state index contributed by atoms with van der Waals surface area (Å²) in [6, 6.07) is 11.4. The summed E-state index contributed by atoms with van der Waals surface area (Å²) >= 11 is 0. The zero-order chi connectivity index (χ0) is 16.2. The molecule has 0 spiro atoms. The average Bonchev–Trinajstić information content (AvgIpc) is 3.00. The van der Waals surface area contributed by atoms with Gasteiger partial charge in [-0.2, -0.15) is 0 Å². The molecule has 0 unspecified atom stereocenters. The molecule has 0 fully saturated rings. The maximum atomic E-state index is 11.4. The summed E-state index contributed by atoms with van der Waals surface area (Å²) in [4.78, 5) is 11.0. The Balaban J connectivity index is 1.80. The number of ether oxygens (including phenoxy) is 1. The van der Waals surface area contributed by atoms with Crippen LogP contribution in [0.3, 0.4) is 0 Å². The van der Waals surface area contributed by atoms with E-state index in [2.05, 4.69) is 28.8 Å². The highest BCUT2D eigenvalue weighted by Crippen LogP contribution is 2.35. The zero-order valence-corrected chi connectivity index (χ0v) is 13.0. The highest BCUT2D eigenvalue weighted by atomic mass is 16.6. The maximum absolute atomic E-state index is 11.4. The Morgan fingerprint density at radius 1 is 1.26 bits per heavy atom. The lowest BCUT2D eigenvalue weighted by atomic mass is 10.1. The van der Waals surface area contributed by atoms with Crippen LogP contribution in [0, 0.1) is 10.1 Å². The van der Waals surface area contributed by atoms with Crippen molar-refractivity contribution in [2.45, 2.75) is 26.6 Å². The molecule has 2 N–H and O–H groups in total. The number of nitro benzene ring substituents is 1. The van der Waals surface area contributed by atoms with Gasteiger partial charge in [-0.05, 0) is 35.7 Å². The van der Waals surface area contributed by atoms with Crippen LogP contribution in [-0.2, 0) is 19.6 Å². The van der Waals surface area contributed by atoms with Gasteiger partial charge in [-0.25, -0.2) is 0 Å². The van der Waals surface area contributed by atoms with E-state index in [0.717, 1.165) is 18.7 Å². The number of hydrogen-bond acceptors (Lipinski definition) is 5. The molecule has 2 aromatic rings. The maximum Gasteiger partial charge on any atom is 0.333 e. The fraction of sp³-hybridized carbons (Fsp3) is 0.294. The second-order valence-corrected chi connectivity index (χ2v) is 5.40. The van der Waals surface area contributed by atoms with Gasteiger partial charge in [-0.3, -0.25) is 10.1 Å². The molecule has 6 nitrogen and oxygen atoms in total. The van der Waals surface area contributed by atoms with E-state index >= 15 is 0 Å². The van der Waals surface area contributed by atoms with Crippen LogP contribution < -0.4 is 15.4 Å². The van der Waals surface area contributed by atoms with Gasteiger partial charge in [0.2, 0.25) is 0 Å². The molecule has 120 valence electrons. The van der Waals surface area contributed by atoms with E-state index in [1.165, 1.54) is 11.1 Å². The van der Waals surface area contributed by atoms with E-state index in [9.17, 15) is 10.1 Å². The SMILES string of the molecule is CCOc1cccc(NCc2ccc3c(c2)CNC3)c1[N+](=O)[O-]. The van der Waals surface area contributed by atoms with Gasteiger partial charge < -0.3 is 15.4 Å². The minimum Gasteiger partial charge on any atom is -0.487 e. The molecule has 1 aliphatic heterocycles. The third-order valence-electron chi connectivity index (χ3n) is 3.87. The Bertz CT molecular complexity index is 731. The first-order valence-electron chi connectivity index (χ1n) is 7.64. The third kappa shape index (κ3) is 3.27. The minimum atomic E-state index is -0.403. The van der Waals surface area contributed by atoms with Gasteiger partial charge >= 0.3 is 5.69 Å². The Hall–Kier alpha value is -2.60. The largest absolute Gasteiger partial charge is 0.487 e. The molecule has 0 radical (unpaired) electrons.